The minimum Gasteiger partial charge on any atom is -0.497 e. The highest BCUT2D eigenvalue weighted by Crippen LogP contribution is 2.31. The lowest BCUT2D eigenvalue weighted by molar-refractivity contribution is -0.117. The van der Waals surface area contributed by atoms with Gasteiger partial charge >= 0.3 is 0 Å². The van der Waals surface area contributed by atoms with Crippen molar-refractivity contribution in [2.24, 2.45) is 0 Å². The molecule has 1 aliphatic rings. The van der Waals surface area contributed by atoms with E-state index in [-0.39, 0.29) is 18.1 Å². The Balaban J connectivity index is 1.72. The van der Waals surface area contributed by atoms with Gasteiger partial charge in [0.05, 0.1) is 20.8 Å². The highest BCUT2D eigenvalue weighted by molar-refractivity contribution is 5.97. The molecule has 1 N–H and O–H groups in total. The number of amides is 1. The summed E-state index contributed by atoms with van der Waals surface area (Å²) < 4.78 is 37.4. The van der Waals surface area contributed by atoms with Crippen molar-refractivity contribution >= 4 is 17.3 Å². The molecule has 0 unspecified atom stereocenters. The number of anilines is 2. The number of carbonyl (C=O) groups excluding carboxylic acids is 1. The first-order valence-corrected chi connectivity index (χ1v) is 8.27. The van der Waals surface area contributed by atoms with E-state index < -0.39 is 17.4 Å². The second kappa shape index (κ2) is 7.59. The average Bonchev–Trinajstić information content (AvgIpc) is 2.65. The molecule has 0 saturated carbocycles. The van der Waals surface area contributed by atoms with Crippen molar-refractivity contribution in [3.05, 3.63) is 47.5 Å². The zero-order valence-electron chi connectivity index (χ0n) is 14.6. The Hall–Kier alpha value is -2.83. The summed E-state index contributed by atoms with van der Waals surface area (Å²) in [6, 6.07) is 7.80. The van der Waals surface area contributed by atoms with Crippen LogP contribution >= 0.6 is 0 Å². The van der Waals surface area contributed by atoms with Crippen LogP contribution in [-0.2, 0) is 11.2 Å². The van der Waals surface area contributed by atoms with Crippen molar-refractivity contribution in [3.63, 3.8) is 0 Å². The Morgan fingerprint density at radius 1 is 1.15 bits per heavy atom. The number of fused-ring (bicyclic) bond motifs is 1. The SMILES string of the molecule is COc1ccc2c(c1)CCCN2C(=O)CNc1cc(F)c(OC)c(F)c1. The number of ether oxygens (including phenoxy) is 2. The second-order valence-corrected chi connectivity index (χ2v) is 5.97. The molecule has 1 aliphatic heterocycles. The molecule has 1 amide bonds. The molecule has 0 saturated heterocycles. The van der Waals surface area contributed by atoms with Gasteiger partial charge in [-0.2, -0.15) is 0 Å². The molecule has 26 heavy (non-hydrogen) atoms. The summed E-state index contributed by atoms with van der Waals surface area (Å²) in [6.45, 7) is 0.530. The zero-order valence-corrected chi connectivity index (χ0v) is 14.6. The molecule has 0 spiro atoms. The molecule has 0 radical (unpaired) electrons. The number of carbonyl (C=O) groups is 1. The Morgan fingerprint density at radius 2 is 1.88 bits per heavy atom. The minimum absolute atomic E-state index is 0.0727. The third-order valence-corrected chi connectivity index (χ3v) is 4.35. The number of rotatable bonds is 5. The summed E-state index contributed by atoms with van der Waals surface area (Å²) in [6.07, 6.45) is 1.72. The van der Waals surface area contributed by atoms with Gasteiger partial charge in [-0.15, -0.1) is 0 Å². The smallest absolute Gasteiger partial charge is 0.246 e. The van der Waals surface area contributed by atoms with E-state index in [1.807, 2.05) is 18.2 Å². The maximum Gasteiger partial charge on any atom is 0.246 e. The van der Waals surface area contributed by atoms with Crippen LogP contribution in [0, 0.1) is 11.6 Å². The van der Waals surface area contributed by atoms with Gasteiger partial charge in [0.1, 0.15) is 5.75 Å². The molecule has 1 heterocycles. The molecule has 5 nitrogen and oxygen atoms in total. The summed E-state index contributed by atoms with van der Waals surface area (Å²) in [5, 5.41) is 2.78. The van der Waals surface area contributed by atoms with Gasteiger partial charge in [-0.1, -0.05) is 0 Å². The number of nitrogens with one attached hydrogen (secondary N) is 1. The van der Waals surface area contributed by atoms with Gasteiger partial charge < -0.3 is 19.7 Å². The molecule has 138 valence electrons. The van der Waals surface area contributed by atoms with E-state index in [1.54, 1.807) is 12.0 Å². The zero-order chi connectivity index (χ0) is 18.7. The van der Waals surface area contributed by atoms with E-state index in [1.165, 1.54) is 7.11 Å². The third kappa shape index (κ3) is 3.56. The Labute approximate surface area is 150 Å². The van der Waals surface area contributed by atoms with Crippen LogP contribution < -0.4 is 19.7 Å². The predicted molar refractivity (Wildman–Crippen MR) is 95.1 cm³/mol. The molecular weight excluding hydrogens is 342 g/mol. The van der Waals surface area contributed by atoms with Crippen molar-refractivity contribution in [2.45, 2.75) is 12.8 Å². The van der Waals surface area contributed by atoms with Crippen LogP contribution in [0.4, 0.5) is 20.2 Å². The van der Waals surface area contributed by atoms with Crippen LogP contribution in [0.15, 0.2) is 30.3 Å². The van der Waals surface area contributed by atoms with Crippen LogP contribution in [0.5, 0.6) is 11.5 Å². The monoisotopic (exact) mass is 362 g/mol. The van der Waals surface area contributed by atoms with E-state index in [9.17, 15) is 13.6 Å². The standard InChI is InChI=1S/C19H20F2N2O3/c1-25-14-5-6-17-12(8-14)4-3-7-23(17)18(24)11-22-13-9-15(20)19(26-2)16(21)10-13/h5-6,8-10,22H,3-4,7,11H2,1-2H3. The molecule has 2 aromatic carbocycles. The van der Waals surface area contributed by atoms with Crippen molar-refractivity contribution in [3.8, 4) is 11.5 Å². The van der Waals surface area contributed by atoms with Gasteiger partial charge in [-0.25, -0.2) is 8.78 Å². The van der Waals surface area contributed by atoms with Gasteiger partial charge in [0, 0.05) is 30.1 Å². The maximum atomic E-state index is 13.7. The average molecular weight is 362 g/mol. The van der Waals surface area contributed by atoms with Crippen molar-refractivity contribution in [2.75, 3.05) is 37.5 Å². The van der Waals surface area contributed by atoms with Crippen LogP contribution in [0.1, 0.15) is 12.0 Å². The van der Waals surface area contributed by atoms with Crippen LogP contribution in [0.2, 0.25) is 0 Å². The molecular formula is C19H20F2N2O3. The number of methoxy groups -OCH3 is 2. The van der Waals surface area contributed by atoms with E-state index in [4.69, 9.17) is 4.74 Å². The fourth-order valence-electron chi connectivity index (χ4n) is 3.09. The van der Waals surface area contributed by atoms with Gasteiger partial charge in [-0.05, 0) is 36.6 Å². The molecule has 0 atom stereocenters. The molecule has 7 heteroatoms. The number of hydrogen-bond acceptors (Lipinski definition) is 4. The fourth-order valence-corrected chi connectivity index (χ4v) is 3.09. The second-order valence-electron chi connectivity index (χ2n) is 5.97. The summed E-state index contributed by atoms with van der Waals surface area (Å²) in [5.41, 5.74) is 2.07. The molecule has 3 rings (SSSR count). The van der Waals surface area contributed by atoms with E-state index in [2.05, 4.69) is 10.1 Å². The Bertz CT molecular complexity index is 803. The Morgan fingerprint density at radius 3 is 2.54 bits per heavy atom. The molecule has 0 aromatic heterocycles. The first-order valence-electron chi connectivity index (χ1n) is 8.27. The lowest BCUT2D eigenvalue weighted by atomic mass is 10.0. The van der Waals surface area contributed by atoms with Crippen molar-refractivity contribution in [1.82, 2.24) is 0 Å². The predicted octanol–water partition coefficient (Wildman–Crippen LogP) is 3.37. The van der Waals surface area contributed by atoms with Gasteiger partial charge in [-0.3, -0.25) is 4.79 Å². The highest BCUT2D eigenvalue weighted by atomic mass is 19.1. The number of aryl methyl sites for hydroxylation is 1. The van der Waals surface area contributed by atoms with Crippen molar-refractivity contribution in [1.29, 1.82) is 0 Å². The van der Waals surface area contributed by atoms with E-state index in [0.717, 1.165) is 42.0 Å². The quantitative estimate of drug-likeness (QED) is 0.886. The number of nitrogens with zero attached hydrogens (tertiary/aromatic N) is 1. The van der Waals surface area contributed by atoms with E-state index in [0.29, 0.717) is 6.54 Å². The maximum absolute atomic E-state index is 13.7. The first-order chi connectivity index (χ1) is 12.5. The van der Waals surface area contributed by atoms with Crippen LogP contribution in [-0.4, -0.2) is 33.2 Å². The molecule has 0 bridgehead atoms. The highest BCUT2D eigenvalue weighted by Gasteiger charge is 2.23. The van der Waals surface area contributed by atoms with Crippen molar-refractivity contribution < 1.29 is 23.0 Å². The normalized spacial score (nSPS) is 13.2. The molecule has 0 aliphatic carbocycles. The fraction of sp³-hybridized carbons (Fsp3) is 0.316. The lowest BCUT2D eigenvalue weighted by Gasteiger charge is -2.30. The van der Waals surface area contributed by atoms with Gasteiger partial charge in [0.2, 0.25) is 5.91 Å². The van der Waals surface area contributed by atoms with Gasteiger partial charge in [0.15, 0.2) is 17.4 Å². The third-order valence-electron chi connectivity index (χ3n) is 4.35. The summed E-state index contributed by atoms with van der Waals surface area (Å²) in [4.78, 5) is 14.3. The number of benzene rings is 2. The molecule has 2 aromatic rings. The first kappa shape index (κ1) is 18.0. The van der Waals surface area contributed by atoms with Gasteiger partial charge in [0.25, 0.3) is 0 Å². The largest absolute Gasteiger partial charge is 0.497 e. The summed E-state index contributed by atoms with van der Waals surface area (Å²) >= 11 is 0. The van der Waals surface area contributed by atoms with Crippen LogP contribution in [0.25, 0.3) is 0 Å². The summed E-state index contributed by atoms with van der Waals surface area (Å²) in [5.74, 6) is -1.51. The number of halogens is 2. The number of hydrogen-bond donors (Lipinski definition) is 1. The minimum atomic E-state index is -0.821. The Kier molecular flexibility index (Phi) is 5.25. The topological polar surface area (TPSA) is 50.8 Å². The van der Waals surface area contributed by atoms with E-state index >= 15 is 0 Å². The lowest BCUT2D eigenvalue weighted by Crippen LogP contribution is -2.39. The molecule has 0 fully saturated rings. The van der Waals surface area contributed by atoms with Crippen LogP contribution in [0.3, 0.4) is 0 Å². The summed E-state index contributed by atoms with van der Waals surface area (Å²) in [7, 11) is 2.80.